The summed E-state index contributed by atoms with van der Waals surface area (Å²) in [4.78, 5) is 23.1. The molecule has 0 radical (unpaired) electrons. The number of Topliss-reactive ketones (excluding diaryl/α,β-unsaturated/α-hetero) is 1. The molecule has 0 fully saturated rings. The molecule has 0 aliphatic rings. The van der Waals surface area contributed by atoms with Gasteiger partial charge in [-0.1, -0.05) is 26.8 Å². The van der Waals surface area contributed by atoms with E-state index in [1.165, 1.54) is 0 Å². The molecule has 1 aromatic carbocycles. The van der Waals surface area contributed by atoms with Gasteiger partial charge in [-0.25, -0.2) is 0 Å². The standard InChI is InChI=1S/C18H29N3O5.C2H6/c1-3-15(22)12-24-9-10-25-17(19)13-26-16-6-4-5-14(11-16)18(23)21-8-7-20-2;1-2/h4-6,11,17,20H,3,7-10,12-13,19H2,1-2H3,(H,21,23);1-2H3. The number of nitrogens with one attached hydrogen (secondary N) is 2. The Morgan fingerprint density at radius 3 is 2.61 bits per heavy atom. The first-order valence-corrected chi connectivity index (χ1v) is 9.69. The highest BCUT2D eigenvalue weighted by Crippen LogP contribution is 2.13. The monoisotopic (exact) mass is 397 g/mol. The molecule has 0 saturated carbocycles. The van der Waals surface area contributed by atoms with Gasteiger partial charge in [0.1, 0.15) is 25.2 Å². The largest absolute Gasteiger partial charge is 0.489 e. The van der Waals surface area contributed by atoms with Crippen LogP contribution < -0.4 is 21.1 Å². The molecule has 160 valence electrons. The highest BCUT2D eigenvalue weighted by Gasteiger charge is 2.08. The fraction of sp³-hybridized carbons (Fsp3) is 0.600. The Balaban J connectivity index is 0.00000352. The van der Waals surface area contributed by atoms with Gasteiger partial charge in [-0.05, 0) is 25.2 Å². The van der Waals surface area contributed by atoms with Crippen molar-refractivity contribution in [2.45, 2.75) is 33.4 Å². The van der Waals surface area contributed by atoms with Gasteiger partial charge in [0, 0.05) is 25.1 Å². The Morgan fingerprint density at radius 1 is 1.18 bits per heavy atom. The average Bonchev–Trinajstić information content (AvgIpc) is 2.73. The number of amides is 1. The minimum absolute atomic E-state index is 0.0486. The van der Waals surface area contributed by atoms with Crippen LogP contribution in [0, 0.1) is 0 Å². The fourth-order valence-electron chi connectivity index (χ4n) is 1.90. The molecule has 8 nitrogen and oxygen atoms in total. The Bertz CT molecular complexity index is 554. The lowest BCUT2D eigenvalue weighted by Crippen LogP contribution is -2.32. The van der Waals surface area contributed by atoms with E-state index < -0.39 is 6.23 Å². The molecule has 4 N–H and O–H groups in total. The molecule has 1 rings (SSSR count). The third kappa shape index (κ3) is 12.4. The first kappa shape index (κ1) is 26.0. The van der Waals surface area contributed by atoms with E-state index in [9.17, 15) is 9.59 Å². The van der Waals surface area contributed by atoms with Crippen molar-refractivity contribution in [3.05, 3.63) is 29.8 Å². The van der Waals surface area contributed by atoms with Crippen molar-refractivity contribution in [2.24, 2.45) is 5.73 Å². The van der Waals surface area contributed by atoms with Crippen LogP contribution in [0.15, 0.2) is 24.3 Å². The minimum Gasteiger partial charge on any atom is -0.489 e. The van der Waals surface area contributed by atoms with E-state index in [1.807, 2.05) is 20.9 Å². The Morgan fingerprint density at radius 2 is 1.93 bits per heavy atom. The molecule has 0 aromatic heterocycles. The van der Waals surface area contributed by atoms with Gasteiger partial charge in [0.05, 0.1) is 13.2 Å². The zero-order valence-corrected chi connectivity index (χ0v) is 17.5. The molecule has 1 unspecified atom stereocenters. The highest BCUT2D eigenvalue weighted by molar-refractivity contribution is 5.94. The number of likely N-dealkylation sites (N-methyl/N-ethyl adjacent to an activating group) is 1. The maximum absolute atomic E-state index is 12.0. The summed E-state index contributed by atoms with van der Waals surface area (Å²) in [6.07, 6.45) is -0.172. The minimum atomic E-state index is -0.631. The zero-order valence-electron chi connectivity index (χ0n) is 17.5. The van der Waals surface area contributed by atoms with Crippen LogP contribution in [0.2, 0.25) is 0 Å². The first-order chi connectivity index (χ1) is 13.6. The number of hydrogen-bond acceptors (Lipinski definition) is 7. The van der Waals surface area contributed by atoms with Crippen LogP contribution in [0.3, 0.4) is 0 Å². The molecule has 0 aliphatic heterocycles. The number of nitrogens with two attached hydrogens (primary N) is 1. The number of carbonyl (C=O) groups is 2. The molecule has 1 atom stereocenters. The molecule has 28 heavy (non-hydrogen) atoms. The van der Waals surface area contributed by atoms with Crippen molar-refractivity contribution in [2.75, 3.05) is 46.6 Å². The van der Waals surface area contributed by atoms with Gasteiger partial charge >= 0.3 is 0 Å². The number of ether oxygens (including phenoxy) is 3. The van der Waals surface area contributed by atoms with Gasteiger partial charge in [-0.3, -0.25) is 9.59 Å². The molecule has 0 heterocycles. The van der Waals surface area contributed by atoms with Gasteiger partial charge < -0.3 is 30.6 Å². The molecular formula is C20H35N3O5. The Hall–Kier alpha value is -2.00. The summed E-state index contributed by atoms with van der Waals surface area (Å²) in [5.41, 5.74) is 6.33. The first-order valence-electron chi connectivity index (χ1n) is 9.69. The van der Waals surface area contributed by atoms with Crippen molar-refractivity contribution in [1.82, 2.24) is 10.6 Å². The molecule has 1 amide bonds. The summed E-state index contributed by atoms with van der Waals surface area (Å²) in [7, 11) is 1.82. The van der Waals surface area contributed by atoms with Crippen LogP contribution in [0.25, 0.3) is 0 Å². The maximum Gasteiger partial charge on any atom is 0.251 e. The molecule has 1 aromatic rings. The average molecular weight is 398 g/mol. The lowest BCUT2D eigenvalue weighted by molar-refractivity contribution is -0.124. The van der Waals surface area contributed by atoms with Crippen LogP contribution in [0.4, 0.5) is 0 Å². The fourth-order valence-corrected chi connectivity index (χ4v) is 1.90. The third-order valence-electron chi connectivity index (χ3n) is 3.39. The summed E-state index contributed by atoms with van der Waals surface area (Å²) >= 11 is 0. The second kappa shape index (κ2) is 17.1. The summed E-state index contributed by atoms with van der Waals surface area (Å²) < 4.78 is 16.1. The van der Waals surface area contributed by atoms with E-state index in [1.54, 1.807) is 31.2 Å². The summed E-state index contributed by atoms with van der Waals surface area (Å²) in [6, 6.07) is 6.86. The smallest absolute Gasteiger partial charge is 0.251 e. The third-order valence-corrected chi connectivity index (χ3v) is 3.39. The van der Waals surface area contributed by atoms with E-state index in [0.717, 1.165) is 0 Å². The van der Waals surface area contributed by atoms with Crippen molar-refractivity contribution in [3.8, 4) is 5.75 Å². The second-order valence-electron chi connectivity index (χ2n) is 5.55. The van der Waals surface area contributed by atoms with Gasteiger partial charge in [0.25, 0.3) is 5.91 Å². The topological polar surface area (TPSA) is 112 Å². The van der Waals surface area contributed by atoms with Crippen molar-refractivity contribution in [3.63, 3.8) is 0 Å². The Labute approximate surface area is 168 Å². The number of carbonyl (C=O) groups excluding carboxylic acids is 2. The number of rotatable bonds is 14. The van der Waals surface area contributed by atoms with Gasteiger partial charge in [0.2, 0.25) is 0 Å². The van der Waals surface area contributed by atoms with Gasteiger partial charge in [-0.2, -0.15) is 0 Å². The number of ketones is 1. The quantitative estimate of drug-likeness (QED) is 0.321. The van der Waals surface area contributed by atoms with E-state index in [2.05, 4.69) is 10.6 Å². The van der Waals surface area contributed by atoms with E-state index in [-0.39, 0.29) is 31.5 Å². The van der Waals surface area contributed by atoms with E-state index in [4.69, 9.17) is 19.9 Å². The lowest BCUT2D eigenvalue weighted by atomic mass is 10.2. The predicted molar refractivity (Wildman–Crippen MR) is 110 cm³/mol. The number of benzene rings is 1. The van der Waals surface area contributed by atoms with E-state index >= 15 is 0 Å². The highest BCUT2D eigenvalue weighted by atomic mass is 16.6. The van der Waals surface area contributed by atoms with Gasteiger partial charge in [-0.15, -0.1) is 0 Å². The second-order valence-corrected chi connectivity index (χ2v) is 5.55. The SMILES string of the molecule is CC.CCC(=O)COCCOC(N)COc1cccc(C(=O)NCCNC)c1. The summed E-state index contributed by atoms with van der Waals surface area (Å²) in [5, 5.41) is 5.76. The summed E-state index contributed by atoms with van der Waals surface area (Å²) in [5.74, 6) is 0.424. The van der Waals surface area contributed by atoms with Crippen LogP contribution in [0.1, 0.15) is 37.6 Å². The maximum atomic E-state index is 12.0. The normalized spacial score (nSPS) is 11.2. The summed E-state index contributed by atoms with van der Waals surface area (Å²) in [6.45, 7) is 7.83. The predicted octanol–water partition coefficient (Wildman–Crippen LogP) is 1.34. The van der Waals surface area contributed by atoms with Crippen LogP contribution in [0.5, 0.6) is 5.75 Å². The van der Waals surface area contributed by atoms with Crippen molar-refractivity contribution in [1.29, 1.82) is 0 Å². The molecule has 0 aliphatic carbocycles. The number of hydrogen-bond donors (Lipinski definition) is 3. The van der Waals surface area contributed by atoms with Crippen LogP contribution >= 0.6 is 0 Å². The van der Waals surface area contributed by atoms with Crippen LogP contribution in [-0.4, -0.2) is 64.5 Å². The van der Waals surface area contributed by atoms with Crippen molar-refractivity contribution < 1.29 is 23.8 Å². The molecule has 0 bridgehead atoms. The molecule has 8 heteroatoms. The Kier molecular flexibility index (Phi) is 15.9. The molecular weight excluding hydrogens is 362 g/mol. The van der Waals surface area contributed by atoms with Crippen LogP contribution in [-0.2, 0) is 14.3 Å². The van der Waals surface area contributed by atoms with E-state index in [0.29, 0.717) is 37.4 Å². The molecule has 0 saturated heterocycles. The lowest BCUT2D eigenvalue weighted by Gasteiger charge is -2.15. The molecule has 0 spiro atoms. The zero-order chi connectivity index (χ0) is 21.2. The van der Waals surface area contributed by atoms with Crippen molar-refractivity contribution >= 4 is 11.7 Å². The van der Waals surface area contributed by atoms with Gasteiger partial charge in [0.15, 0.2) is 5.78 Å².